The van der Waals surface area contributed by atoms with Gasteiger partial charge in [-0.2, -0.15) is 5.10 Å². The van der Waals surface area contributed by atoms with Crippen LogP contribution in [0.4, 0.5) is 0 Å². The van der Waals surface area contributed by atoms with Gasteiger partial charge < -0.3 is 10.2 Å². The van der Waals surface area contributed by atoms with Gasteiger partial charge in [-0.1, -0.05) is 6.92 Å². The summed E-state index contributed by atoms with van der Waals surface area (Å²) in [5.74, 6) is -1.17. The summed E-state index contributed by atoms with van der Waals surface area (Å²) in [4.78, 5) is 10.7. The van der Waals surface area contributed by atoms with E-state index in [0.717, 1.165) is 5.39 Å². The van der Waals surface area contributed by atoms with Gasteiger partial charge in [0.2, 0.25) is 0 Å². The smallest absolute Gasteiger partial charge is 0.308 e. The van der Waals surface area contributed by atoms with Crippen molar-refractivity contribution in [1.29, 1.82) is 0 Å². The average molecular weight is 220 g/mol. The first-order chi connectivity index (χ1) is 7.56. The first-order valence-electron chi connectivity index (χ1n) is 4.95. The molecule has 1 aromatic carbocycles. The van der Waals surface area contributed by atoms with Gasteiger partial charge in [-0.15, -0.1) is 0 Å². The first-order valence-corrected chi connectivity index (χ1v) is 4.95. The van der Waals surface area contributed by atoms with E-state index >= 15 is 0 Å². The SMILES string of the molecule is CC(Cn1cc2ccc(O)cc2n1)C(=O)O. The van der Waals surface area contributed by atoms with E-state index in [2.05, 4.69) is 5.10 Å². The number of phenols is 1. The summed E-state index contributed by atoms with van der Waals surface area (Å²) in [5, 5.41) is 23.1. The molecule has 1 atom stereocenters. The van der Waals surface area contributed by atoms with Crippen molar-refractivity contribution in [3.05, 3.63) is 24.4 Å². The Hall–Kier alpha value is -2.04. The number of aliphatic carboxylic acids is 1. The Kier molecular flexibility index (Phi) is 2.52. The van der Waals surface area contributed by atoms with Crippen LogP contribution in [0, 0.1) is 5.92 Å². The highest BCUT2D eigenvalue weighted by atomic mass is 16.4. The Morgan fingerprint density at radius 1 is 1.56 bits per heavy atom. The fourth-order valence-corrected chi connectivity index (χ4v) is 1.51. The summed E-state index contributed by atoms with van der Waals surface area (Å²) in [6.07, 6.45) is 1.77. The third-order valence-electron chi connectivity index (χ3n) is 2.42. The molecule has 2 aromatic rings. The summed E-state index contributed by atoms with van der Waals surface area (Å²) in [6, 6.07) is 4.88. The predicted octanol–water partition coefficient (Wildman–Crippen LogP) is 1.46. The number of carboxylic acids is 1. The van der Waals surface area contributed by atoms with E-state index in [9.17, 15) is 9.90 Å². The largest absolute Gasteiger partial charge is 0.508 e. The molecule has 5 heteroatoms. The number of fused-ring (bicyclic) bond motifs is 1. The van der Waals surface area contributed by atoms with Crippen molar-refractivity contribution in [3.8, 4) is 5.75 Å². The Bertz CT molecular complexity index is 533. The zero-order valence-electron chi connectivity index (χ0n) is 8.79. The number of benzene rings is 1. The molecule has 0 fully saturated rings. The molecule has 0 radical (unpaired) electrons. The molecule has 0 spiro atoms. The fourth-order valence-electron chi connectivity index (χ4n) is 1.51. The normalized spacial score (nSPS) is 12.8. The Morgan fingerprint density at radius 3 is 3.00 bits per heavy atom. The molecule has 16 heavy (non-hydrogen) atoms. The summed E-state index contributed by atoms with van der Waals surface area (Å²) >= 11 is 0. The van der Waals surface area contributed by atoms with E-state index in [4.69, 9.17) is 5.11 Å². The van der Waals surface area contributed by atoms with Crippen LogP contribution in [-0.2, 0) is 11.3 Å². The maximum atomic E-state index is 10.7. The maximum Gasteiger partial charge on any atom is 0.308 e. The maximum absolute atomic E-state index is 10.7. The van der Waals surface area contributed by atoms with Crippen LogP contribution in [0.15, 0.2) is 24.4 Å². The Labute approximate surface area is 91.9 Å². The van der Waals surface area contributed by atoms with E-state index in [-0.39, 0.29) is 5.75 Å². The number of aromatic hydroxyl groups is 1. The van der Waals surface area contributed by atoms with Crippen molar-refractivity contribution >= 4 is 16.9 Å². The van der Waals surface area contributed by atoms with Crippen molar-refractivity contribution in [1.82, 2.24) is 9.78 Å². The number of aromatic nitrogens is 2. The molecule has 0 saturated carbocycles. The monoisotopic (exact) mass is 220 g/mol. The third-order valence-corrected chi connectivity index (χ3v) is 2.42. The summed E-state index contributed by atoms with van der Waals surface area (Å²) in [7, 11) is 0. The summed E-state index contributed by atoms with van der Waals surface area (Å²) < 4.78 is 1.59. The van der Waals surface area contributed by atoms with E-state index in [1.54, 1.807) is 36.0 Å². The van der Waals surface area contributed by atoms with Gasteiger partial charge >= 0.3 is 5.97 Å². The minimum atomic E-state index is -0.845. The van der Waals surface area contributed by atoms with Gasteiger partial charge in [0, 0.05) is 17.6 Å². The number of hydrogen-bond donors (Lipinski definition) is 2. The standard InChI is InChI=1S/C11H12N2O3/c1-7(11(15)16)5-13-6-8-2-3-9(14)4-10(8)12-13/h2-4,6-7,14H,5H2,1H3,(H,15,16). The second kappa shape index (κ2) is 3.84. The van der Waals surface area contributed by atoms with Crippen molar-refractivity contribution in [2.45, 2.75) is 13.5 Å². The molecule has 2 rings (SSSR count). The summed E-state index contributed by atoms with van der Waals surface area (Å²) in [5.41, 5.74) is 0.664. The van der Waals surface area contributed by atoms with E-state index < -0.39 is 11.9 Å². The van der Waals surface area contributed by atoms with Crippen LogP contribution in [0.5, 0.6) is 5.75 Å². The van der Waals surface area contributed by atoms with Gasteiger partial charge in [0.25, 0.3) is 0 Å². The quantitative estimate of drug-likeness (QED) is 0.821. The molecule has 0 amide bonds. The van der Waals surface area contributed by atoms with Crippen LogP contribution >= 0.6 is 0 Å². The van der Waals surface area contributed by atoms with E-state index in [1.165, 1.54) is 0 Å². The molecule has 0 aliphatic carbocycles. The van der Waals surface area contributed by atoms with Crippen LogP contribution in [0.1, 0.15) is 6.92 Å². The molecule has 0 aliphatic rings. The zero-order chi connectivity index (χ0) is 11.7. The molecular formula is C11H12N2O3. The van der Waals surface area contributed by atoms with Crippen molar-refractivity contribution < 1.29 is 15.0 Å². The second-order valence-electron chi connectivity index (χ2n) is 3.83. The topological polar surface area (TPSA) is 75.3 Å². The van der Waals surface area contributed by atoms with Crippen LogP contribution in [0.3, 0.4) is 0 Å². The number of carbonyl (C=O) groups is 1. The zero-order valence-corrected chi connectivity index (χ0v) is 8.79. The van der Waals surface area contributed by atoms with Crippen LogP contribution in [0.25, 0.3) is 10.9 Å². The van der Waals surface area contributed by atoms with E-state index in [0.29, 0.717) is 12.1 Å². The molecule has 1 heterocycles. The lowest BCUT2D eigenvalue weighted by molar-refractivity contribution is -0.141. The highest BCUT2D eigenvalue weighted by Gasteiger charge is 2.12. The van der Waals surface area contributed by atoms with Crippen molar-refractivity contribution in [2.75, 3.05) is 0 Å². The van der Waals surface area contributed by atoms with Crippen LogP contribution in [-0.4, -0.2) is 26.0 Å². The summed E-state index contributed by atoms with van der Waals surface area (Å²) in [6.45, 7) is 1.96. The van der Waals surface area contributed by atoms with Gasteiger partial charge in [0.1, 0.15) is 5.75 Å². The van der Waals surface area contributed by atoms with Gasteiger partial charge in [0.05, 0.1) is 18.0 Å². The number of hydrogen-bond acceptors (Lipinski definition) is 3. The lowest BCUT2D eigenvalue weighted by Gasteiger charge is -2.04. The molecule has 5 nitrogen and oxygen atoms in total. The average Bonchev–Trinajstić information content (AvgIpc) is 2.58. The Balaban J connectivity index is 2.29. The minimum absolute atomic E-state index is 0.157. The van der Waals surface area contributed by atoms with Crippen LogP contribution in [0.2, 0.25) is 0 Å². The first kappa shape index (κ1) is 10.5. The number of rotatable bonds is 3. The molecule has 0 saturated heterocycles. The fraction of sp³-hybridized carbons (Fsp3) is 0.273. The second-order valence-corrected chi connectivity index (χ2v) is 3.83. The van der Waals surface area contributed by atoms with Gasteiger partial charge in [0.15, 0.2) is 0 Å². The van der Waals surface area contributed by atoms with Crippen molar-refractivity contribution in [3.63, 3.8) is 0 Å². The number of phenolic OH excluding ortho intramolecular Hbond substituents is 1. The van der Waals surface area contributed by atoms with Crippen molar-refractivity contribution in [2.24, 2.45) is 5.92 Å². The number of nitrogens with zero attached hydrogens (tertiary/aromatic N) is 2. The molecular weight excluding hydrogens is 208 g/mol. The molecule has 2 N–H and O–H groups in total. The molecule has 0 aliphatic heterocycles. The predicted molar refractivity (Wildman–Crippen MR) is 58.2 cm³/mol. The highest BCUT2D eigenvalue weighted by molar-refractivity contribution is 5.79. The molecule has 1 aromatic heterocycles. The van der Waals surface area contributed by atoms with E-state index in [1.807, 2.05) is 0 Å². The minimum Gasteiger partial charge on any atom is -0.508 e. The molecule has 1 unspecified atom stereocenters. The third kappa shape index (κ3) is 1.98. The number of carboxylic acid groups (broad SMARTS) is 1. The van der Waals surface area contributed by atoms with Gasteiger partial charge in [-0.25, -0.2) is 0 Å². The van der Waals surface area contributed by atoms with Gasteiger partial charge in [-0.3, -0.25) is 9.48 Å². The lowest BCUT2D eigenvalue weighted by Crippen LogP contribution is -2.16. The van der Waals surface area contributed by atoms with Gasteiger partial charge in [-0.05, 0) is 12.1 Å². The molecule has 84 valence electrons. The lowest BCUT2D eigenvalue weighted by atomic mass is 10.2. The van der Waals surface area contributed by atoms with Crippen LogP contribution < -0.4 is 0 Å². The molecule has 0 bridgehead atoms. The Morgan fingerprint density at radius 2 is 2.31 bits per heavy atom. The highest BCUT2D eigenvalue weighted by Crippen LogP contribution is 2.18.